The van der Waals surface area contributed by atoms with Crippen LogP contribution in [0.1, 0.15) is 201 Å². The van der Waals surface area contributed by atoms with Crippen LogP contribution in [0, 0.1) is 13.8 Å². The van der Waals surface area contributed by atoms with Crippen molar-refractivity contribution in [2.45, 2.75) is 188 Å². The lowest BCUT2D eigenvalue weighted by Crippen LogP contribution is -2.37. The summed E-state index contributed by atoms with van der Waals surface area (Å²) in [6, 6.07) is 22.1. The van der Waals surface area contributed by atoms with E-state index in [1.807, 2.05) is 86.6 Å². The minimum atomic E-state index is -1.54. The lowest BCUT2D eigenvalue weighted by Gasteiger charge is -2.27. The third kappa shape index (κ3) is 8.42. The van der Waals surface area contributed by atoms with Gasteiger partial charge in [0.05, 0.1) is 11.3 Å². The molecule has 1 amide bonds. The van der Waals surface area contributed by atoms with E-state index in [4.69, 9.17) is 5.73 Å². The molecule has 0 spiro atoms. The number of aliphatic hydroxyl groups excluding tert-OH is 1. The van der Waals surface area contributed by atoms with Crippen molar-refractivity contribution < 1.29 is 9.90 Å². The van der Waals surface area contributed by atoms with Crippen molar-refractivity contribution in [2.24, 2.45) is 0 Å². The molecule has 0 fully saturated rings. The van der Waals surface area contributed by atoms with Crippen LogP contribution < -0.4 is 32.9 Å². The van der Waals surface area contributed by atoms with Crippen LogP contribution in [0.25, 0.3) is 86.5 Å². The number of hydrogen-bond donors (Lipinski definition) is 2. The molecule has 3 N–H and O–H groups in total. The predicted octanol–water partition coefficient (Wildman–Crippen LogP) is 16.0. The maximum absolute atomic E-state index is 16.1. The van der Waals surface area contributed by atoms with Crippen LogP contribution in [0.4, 0.5) is 11.4 Å². The van der Waals surface area contributed by atoms with Gasteiger partial charge in [-0.25, -0.2) is 0 Å². The van der Waals surface area contributed by atoms with E-state index >= 15 is 24.0 Å². The van der Waals surface area contributed by atoms with Crippen molar-refractivity contribution in [2.75, 3.05) is 10.6 Å². The number of nitrogens with two attached hydrogens (primary N) is 1. The van der Waals surface area contributed by atoms with E-state index in [9.17, 15) is 5.11 Å². The summed E-state index contributed by atoms with van der Waals surface area (Å²) >= 11 is 0. The Morgan fingerprint density at radius 3 is 1.29 bits per heavy atom. The molecule has 11 rings (SSSR count). The fraction of sp³-hybridized carbons (Fsp3) is 0.426. The van der Waals surface area contributed by atoms with Crippen LogP contribution in [-0.4, -0.2) is 20.1 Å². The van der Waals surface area contributed by atoms with Crippen LogP contribution in [-0.2, 0) is 0 Å². The molecular weight excluding hydrogens is 969 g/mol. The summed E-state index contributed by atoms with van der Waals surface area (Å²) in [6.45, 7) is 12.7. The molecule has 8 aromatic carbocycles. The predicted molar refractivity (Wildman–Crippen MR) is 325 cm³/mol. The number of benzene rings is 8. The first-order valence-corrected chi connectivity index (χ1v) is 29.6. The van der Waals surface area contributed by atoms with Gasteiger partial charge in [-0.2, -0.15) is 0 Å². The summed E-state index contributed by atoms with van der Waals surface area (Å²) in [4.78, 5) is 79.4. The molecule has 1 atom stereocenters. The standard InChI is InChI=1S/C68H76N4O6/c1-7-11-15-19-27-41(28-20-16-12-8-2)70-63(73)45-35-33-43-44-34-36-46-56-50(66(76)71(64(46)74)42(29-21-17-13-9-3)30-22-18-14-10-4)38-48-60(58(44)56)59-47(37-49(65(70)75)55(45)57(43)59)61-62(48)68(78)72(67(61)77)52-32-24-26-40(6)54(52)53-39(5)25-23-31-51(53)69/h23-26,31-38,41-42,67,77H,7-22,27-30,69H2,1-6H3. The quantitative estimate of drug-likeness (QED) is 0.0265. The molecule has 404 valence electrons. The first kappa shape index (κ1) is 53.1. The van der Waals surface area contributed by atoms with Gasteiger partial charge in [0, 0.05) is 66.8 Å². The Balaban J connectivity index is 1.25. The van der Waals surface area contributed by atoms with Crippen molar-refractivity contribution in [3.63, 3.8) is 0 Å². The highest BCUT2D eigenvalue weighted by Crippen LogP contribution is 2.55. The van der Waals surface area contributed by atoms with Crippen LogP contribution >= 0.6 is 0 Å². The zero-order chi connectivity index (χ0) is 54.7. The fourth-order valence-electron chi connectivity index (χ4n) is 14.2. The minimum Gasteiger partial charge on any atom is -0.398 e. The zero-order valence-electron chi connectivity index (χ0n) is 46.7. The first-order chi connectivity index (χ1) is 37.9. The summed E-state index contributed by atoms with van der Waals surface area (Å²) in [5.41, 5.74) is 10.3. The second kappa shape index (κ2) is 21.7. The average molecular weight is 1050 g/mol. The second-order valence-electron chi connectivity index (χ2n) is 23.0. The zero-order valence-corrected chi connectivity index (χ0v) is 46.7. The number of nitrogens with zero attached hydrogens (tertiary/aromatic N) is 3. The third-order valence-corrected chi connectivity index (χ3v) is 18.0. The lowest BCUT2D eigenvalue weighted by atomic mass is 9.80. The van der Waals surface area contributed by atoms with Gasteiger partial charge in [0.15, 0.2) is 6.23 Å². The molecule has 0 saturated carbocycles. The number of unbranched alkanes of at least 4 members (excludes halogenated alkanes) is 12. The maximum Gasteiger partial charge on any atom is 0.261 e. The smallest absolute Gasteiger partial charge is 0.261 e. The Kier molecular flexibility index (Phi) is 14.8. The van der Waals surface area contributed by atoms with Gasteiger partial charge in [-0.05, 0) is 130 Å². The number of pyridine rings is 2. The molecule has 0 saturated heterocycles. The van der Waals surface area contributed by atoms with Crippen molar-refractivity contribution in [1.82, 2.24) is 9.13 Å². The topological polar surface area (TPSA) is 145 Å². The summed E-state index contributed by atoms with van der Waals surface area (Å²) in [5.74, 6) is -0.459. The molecule has 78 heavy (non-hydrogen) atoms. The van der Waals surface area contributed by atoms with Crippen LogP contribution in [0.5, 0.6) is 0 Å². The van der Waals surface area contributed by atoms with Gasteiger partial charge in [-0.3, -0.25) is 38.0 Å². The van der Waals surface area contributed by atoms with Gasteiger partial charge < -0.3 is 10.8 Å². The molecule has 10 heteroatoms. The number of aromatic nitrogens is 2. The number of rotatable bonds is 24. The summed E-state index contributed by atoms with van der Waals surface area (Å²) in [7, 11) is 0. The van der Waals surface area contributed by atoms with Gasteiger partial charge in [0.2, 0.25) is 0 Å². The van der Waals surface area contributed by atoms with Crippen molar-refractivity contribution in [1.29, 1.82) is 0 Å². The Morgan fingerprint density at radius 1 is 0.436 bits per heavy atom. The van der Waals surface area contributed by atoms with Gasteiger partial charge >= 0.3 is 0 Å². The number of aryl methyl sites for hydroxylation is 2. The molecule has 10 nitrogen and oxygen atoms in total. The number of amides is 1. The number of fused-ring (bicyclic) bond motifs is 4. The van der Waals surface area contributed by atoms with E-state index in [0.717, 1.165) is 130 Å². The van der Waals surface area contributed by atoms with Gasteiger partial charge in [-0.15, -0.1) is 0 Å². The van der Waals surface area contributed by atoms with Crippen LogP contribution in [0.3, 0.4) is 0 Å². The molecular formula is C68H76N4O6. The SMILES string of the molecule is CCCCCCC(CCCCCC)n1c(=O)c2ccc3c4ccc5c(=O)n(C(CCCCCC)CCCCCC)c(=O)c6cc7c8c(c9cc(c1=O)c2c3c9c7c4c56)C(=O)N(c1cccc(C)c1-c1c(C)cccc1N)C8O. The molecule has 10 aromatic rings. The average Bonchev–Trinajstić information content (AvgIpc) is 2.15. The molecule has 1 aliphatic rings. The number of anilines is 2. The highest BCUT2D eigenvalue weighted by Gasteiger charge is 2.43. The van der Waals surface area contributed by atoms with Crippen molar-refractivity contribution in [3.05, 3.63) is 136 Å². The first-order valence-electron chi connectivity index (χ1n) is 29.6. The molecule has 1 unspecified atom stereocenters. The monoisotopic (exact) mass is 1040 g/mol. The van der Waals surface area contributed by atoms with Crippen LogP contribution in [0.2, 0.25) is 0 Å². The van der Waals surface area contributed by atoms with E-state index in [1.54, 1.807) is 0 Å². The molecule has 0 aliphatic carbocycles. The third-order valence-electron chi connectivity index (χ3n) is 18.0. The Hall–Kier alpha value is -6.91. The minimum absolute atomic E-state index is 0.240. The number of nitrogen functional groups attached to an aromatic ring is 1. The summed E-state index contributed by atoms with van der Waals surface area (Å²) < 4.78 is 3.07. The summed E-state index contributed by atoms with van der Waals surface area (Å²) in [6.07, 6.45) is 17.6. The van der Waals surface area contributed by atoms with E-state index in [1.165, 1.54) is 14.0 Å². The molecule has 3 heterocycles. The summed E-state index contributed by atoms with van der Waals surface area (Å²) in [5, 5.41) is 21.3. The fourth-order valence-corrected chi connectivity index (χ4v) is 14.2. The number of carbonyl (C=O) groups is 1. The molecule has 0 bridgehead atoms. The number of carbonyl (C=O) groups excluding carboxylic acids is 1. The van der Waals surface area contributed by atoms with E-state index in [-0.39, 0.29) is 39.9 Å². The van der Waals surface area contributed by atoms with Gasteiger partial charge in [0.25, 0.3) is 28.1 Å². The van der Waals surface area contributed by atoms with E-state index in [2.05, 4.69) is 27.7 Å². The molecule has 2 aromatic heterocycles. The highest BCUT2D eigenvalue weighted by molar-refractivity contribution is 6.47. The Labute approximate surface area is 456 Å². The van der Waals surface area contributed by atoms with E-state index < -0.39 is 12.1 Å². The van der Waals surface area contributed by atoms with Gasteiger partial charge in [0.1, 0.15) is 0 Å². The Bertz CT molecular complexity index is 4090. The van der Waals surface area contributed by atoms with Gasteiger partial charge in [-0.1, -0.05) is 167 Å². The Morgan fingerprint density at radius 2 is 0.833 bits per heavy atom. The number of hydrogen-bond acceptors (Lipinski definition) is 7. The number of aliphatic hydroxyl groups is 1. The van der Waals surface area contributed by atoms with E-state index in [0.29, 0.717) is 113 Å². The maximum atomic E-state index is 16.1. The molecule has 1 aliphatic heterocycles. The lowest BCUT2D eigenvalue weighted by molar-refractivity contribution is 0.0937. The van der Waals surface area contributed by atoms with Crippen molar-refractivity contribution >= 4 is 92.7 Å². The second-order valence-corrected chi connectivity index (χ2v) is 23.0. The highest BCUT2D eigenvalue weighted by atomic mass is 16.3. The van der Waals surface area contributed by atoms with Crippen LogP contribution in [0.15, 0.2) is 92.0 Å². The largest absolute Gasteiger partial charge is 0.398 e. The molecule has 0 radical (unpaired) electrons. The van der Waals surface area contributed by atoms with Crippen molar-refractivity contribution in [3.8, 4) is 11.1 Å². The normalized spacial score (nSPS) is 14.2.